The monoisotopic (exact) mass is 385 g/mol. The molecule has 128 valence electrons. The van der Waals surface area contributed by atoms with Gasteiger partial charge >= 0.3 is 0 Å². The number of rotatable bonds is 5. The van der Waals surface area contributed by atoms with Crippen LogP contribution in [0.15, 0.2) is 18.2 Å². The summed E-state index contributed by atoms with van der Waals surface area (Å²) >= 11 is 13.4. The first kappa shape index (κ1) is 17.5. The predicted octanol–water partition coefficient (Wildman–Crippen LogP) is 3.85. The molecule has 3 rings (SSSR count). The van der Waals surface area contributed by atoms with E-state index in [1.807, 2.05) is 0 Å². The van der Waals surface area contributed by atoms with Crippen LogP contribution in [0.3, 0.4) is 0 Å². The van der Waals surface area contributed by atoms with Crippen LogP contribution in [0.1, 0.15) is 17.5 Å². The molecule has 8 heteroatoms. The number of halogens is 2. The van der Waals surface area contributed by atoms with Crippen molar-refractivity contribution < 1.29 is 9.53 Å². The molecule has 1 aliphatic heterocycles. The number of nitrogens with zero attached hydrogens (tertiary/aromatic N) is 2. The summed E-state index contributed by atoms with van der Waals surface area (Å²) in [6.07, 6.45) is 0.923. The summed E-state index contributed by atoms with van der Waals surface area (Å²) in [7, 11) is 0. The molecule has 1 amide bonds. The third kappa shape index (κ3) is 4.19. The number of aromatic nitrogens is 1. The third-order valence-electron chi connectivity index (χ3n) is 3.76. The Bertz CT molecular complexity index is 751. The summed E-state index contributed by atoms with van der Waals surface area (Å²) in [5.74, 6) is 0.160. The maximum Gasteiger partial charge on any atom is 0.264 e. The van der Waals surface area contributed by atoms with E-state index in [9.17, 15) is 4.79 Å². The van der Waals surface area contributed by atoms with Crippen molar-refractivity contribution in [2.75, 3.05) is 25.0 Å². The van der Waals surface area contributed by atoms with E-state index in [-0.39, 0.29) is 12.5 Å². The van der Waals surface area contributed by atoms with E-state index in [0.717, 1.165) is 31.7 Å². The average Bonchev–Trinajstić information content (AvgIpc) is 2.95. The van der Waals surface area contributed by atoms with E-state index < -0.39 is 0 Å². The van der Waals surface area contributed by atoms with Gasteiger partial charge in [-0.05, 0) is 24.7 Å². The van der Waals surface area contributed by atoms with Gasteiger partial charge in [-0.1, -0.05) is 30.1 Å². The lowest BCUT2D eigenvalue weighted by atomic mass is 10.2. The number of nitrogens with one attached hydrogen (secondary N) is 1. The van der Waals surface area contributed by atoms with Crippen LogP contribution >= 0.6 is 34.5 Å². The van der Waals surface area contributed by atoms with E-state index in [4.69, 9.17) is 27.9 Å². The number of amides is 1. The minimum Gasteiger partial charge on any atom is -0.482 e. The van der Waals surface area contributed by atoms with Gasteiger partial charge in [-0.15, -0.1) is 11.3 Å². The van der Waals surface area contributed by atoms with Gasteiger partial charge in [0.15, 0.2) is 11.7 Å². The number of ether oxygens (including phenoxy) is 1. The smallest absolute Gasteiger partial charge is 0.264 e. The zero-order valence-electron chi connectivity index (χ0n) is 13.1. The third-order valence-corrected chi connectivity index (χ3v) is 5.28. The maximum atomic E-state index is 12.0. The fourth-order valence-corrected chi connectivity index (χ4v) is 3.99. The van der Waals surface area contributed by atoms with Gasteiger partial charge in [-0.2, -0.15) is 0 Å². The molecule has 1 aliphatic rings. The second-order valence-corrected chi connectivity index (χ2v) is 7.35. The zero-order chi connectivity index (χ0) is 17.1. The van der Waals surface area contributed by atoms with Crippen molar-refractivity contribution in [3.8, 4) is 5.75 Å². The van der Waals surface area contributed by atoms with E-state index in [2.05, 4.69) is 22.1 Å². The Hall–Kier alpha value is -1.34. The van der Waals surface area contributed by atoms with Crippen LogP contribution in [0.5, 0.6) is 5.75 Å². The van der Waals surface area contributed by atoms with Crippen molar-refractivity contribution in [1.29, 1.82) is 0 Å². The van der Waals surface area contributed by atoms with Crippen LogP contribution in [0.25, 0.3) is 0 Å². The molecule has 2 heterocycles. The van der Waals surface area contributed by atoms with Gasteiger partial charge in [0.05, 0.1) is 10.7 Å². The highest BCUT2D eigenvalue weighted by molar-refractivity contribution is 7.15. The highest BCUT2D eigenvalue weighted by atomic mass is 35.5. The quantitative estimate of drug-likeness (QED) is 0.848. The molecule has 0 aliphatic carbocycles. The van der Waals surface area contributed by atoms with Crippen molar-refractivity contribution in [2.45, 2.75) is 19.9 Å². The number of likely N-dealkylation sites (N-methyl/N-ethyl adjacent to an activating group) is 1. The fourth-order valence-electron chi connectivity index (χ4n) is 2.46. The molecular weight excluding hydrogens is 369 g/mol. The Morgan fingerprint density at radius 3 is 3.04 bits per heavy atom. The number of thiazole rings is 1. The van der Waals surface area contributed by atoms with Crippen LogP contribution in [0.2, 0.25) is 10.0 Å². The van der Waals surface area contributed by atoms with Crippen LogP contribution in [-0.4, -0.2) is 35.5 Å². The molecule has 2 aromatic rings. The Labute approximate surface area is 154 Å². The number of benzene rings is 1. The van der Waals surface area contributed by atoms with Crippen LogP contribution in [0, 0.1) is 0 Å². The molecule has 0 radical (unpaired) electrons. The molecule has 0 unspecified atom stereocenters. The lowest BCUT2D eigenvalue weighted by Crippen LogP contribution is -2.29. The van der Waals surface area contributed by atoms with Gasteiger partial charge in [-0.3, -0.25) is 15.0 Å². The largest absolute Gasteiger partial charge is 0.482 e. The molecule has 0 fully saturated rings. The standard InChI is InChI=1S/C16H17Cl2N3O2S/c1-2-21-6-5-12-14(8-21)24-16(19-12)20-15(22)9-23-13-4-3-10(17)7-11(13)18/h3-4,7H,2,5-6,8-9H2,1H3,(H,19,20,22). The molecule has 0 spiro atoms. The minimum atomic E-state index is -0.264. The summed E-state index contributed by atoms with van der Waals surface area (Å²) < 4.78 is 5.43. The molecule has 24 heavy (non-hydrogen) atoms. The highest BCUT2D eigenvalue weighted by Crippen LogP contribution is 2.29. The summed E-state index contributed by atoms with van der Waals surface area (Å²) in [6.45, 7) is 4.95. The van der Waals surface area contributed by atoms with E-state index >= 15 is 0 Å². The highest BCUT2D eigenvalue weighted by Gasteiger charge is 2.20. The molecule has 1 aromatic heterocycles. The van der Waals surface area contributed by atoms with Gasteiger partial charge < -0.3 is 4.74 Å². The minimum absolute atomic E-state index is 0.132. The van der Waals surface area contributed by atoms with E-state index in [1.165, 1.54) is 16.2 Å². The lowest BCUT2D eigenvalue weighted by molar-refractivity contribution is -0.118. The number of fused-ring (bicyclic) bond motifs is 1. The number of hydrogen-bond acceptors (Lipinski definition) is 5. The summed E-state index contributed by atoms with van der Waals surface area (Å²) in [6, 6.07) is 4.87. The summed E-state index contributed by atoms with van der Waals surface area (Å²) in [5.41, 5.74) is 1.08. The Morgan fingerprint density at radius 1 is 1.46 bits per heavy atom. The Balaban J connectivity index is 1.56. The molecule has 0 atom stereocenters. The topological polar surface area (TPSA) is 54.5 Å². The van der Waals surface area contributed by atoms with E-state index in [1.54, 1.807) is 18.2 Å². The maximum absolute atomic E-state index is 12.0. The van der Waals surface area contributed by atoms with E-state index in [0.29, 0.717) is 20.9 Å². The SMILES string of the molecule is CCN1CCc2nc(NC(=O)COc3ccc(Cl)cc3Cl)sc2C1. The van der Waals surface area contributed by atoms with Crippen molar-refractivity contribution in [3.63, 3.8) is 0 Å². The average molecular weight is 386 g/mol. The summed E-state index contributed by atoms with van der Waals surface area (Å²) in [5, 5.41) is 4.30. The van der Waals surface area contributed by atoms with Crippen molar-refractivity contribution in [3.05, 3.63) is 38.8 Å². The molecule has 1 N–H and O–H groups in total. The fraction of sp³-hybridized carbons (Fsp3) is 0.375. The van der Waals surface area contributed by atoms with Crippen LogP contribution in [0.4, 0.5) is 5.13 Å². The predicted molar refractivity (Wildman–Crippen MR) is 97.4 cm³/mol. The number of anilines is 1. The second kappa shape index (κ2) is 7.70. The number of carbonyl (C=O) groups is 1. The number of hydrogen-bond donors (Lipinski definition) is 1. The normalized spacial score (nSPS) is 14.3. The van der Waals surface area contributed by atoms with Gasteiger partial charge in [0.2, 0.25) is 0 Å². The summed E-state index contributed by atoms with van der Waals surface area (Å²) in [4.78, 5) is 20.1. The Morgan fingerprint density at radius 2 is 2.29 bits per heavy atom. The molecule has 5 nitrogen and oxygen atoms in total. The molecule has 1 aromatic carbocycles. The van der Waals surface area contributed by atoms with Gasteiger partial charge in [0.25, 0.3) is 5.91 Å². The zero-order valence-corrected chi connectivity index (χ0v) is 15.5. The first-order valence-electron chi connectivity index (χ1n) is 7.63. The van der Waals surface area contributed by atoms with Crippen LogP contribution < -0.4 is 10.1 Å². The second-order valence-electron chi connectivity index (χ2n) is 5.42. The first-order chi connectivity index (χ1) is 11.5. The van der Waals surface area contributed by atoms with Crippen molar-refractivity contribution in [1.82, 2.24) is 9.88 Å². The van der Waals surface area contributed by atoms with Gasteiger partial charge in [0, 0.05) is 29.4 Å². The van der Waals surface area contributed by atoms with Crippen molar-refractivity contribution in [2.24, 2.45) is 0 Å². The first-order valence-corrected chi connectivity index (χ1v) is 9.21. The molecule has 0 saturated carbocycles. The molecular formula is C16H17Cl2N3O2S. The number of carbonyl (C=O) groups excluding carboxylic acids is 1. The van der Waals surface area contributed by atoms with Gasteiger partial charge in [0.1, 0.15) is 5.75 Å². The molecule has 0 saturated heterocycles. The van der Waals surface area contributed by atoms with Crippen molar-refractivity contribution >= 4 is 45.6 Å². The lowest BCUT2D eigenvalue weighted by Gasteiger charge is -2.23. The molecule has 0 bridgehead atoms. The Kier molecular flexibility index (Phi) is 5.61. The van der Waals surface area contributed by atoms with Crippen LogP contribution in [-0.2, 0) is 17.8 Å². The van der Waals surface area contributed by atoms with Gasteiger partial charge in [-0.25, -0.2) is 4.98 Å².